The SMILES string of the molecule is CC(=O)NCCC1(C(=O)NC(=Cc2ccc(N3C(=O)C(Cc4cccnc4)N(C(=O)CCC(=O)O)C3c3ccccc3)cc2)C(=O)O)CCCC1. The molecule has 2 aromatic carbocycles. The summed E-state index contributed by atoms with van der Waals surface area (Å²) in [6.07, 6.45) is 6.34. The van der Waals surface area contributed by atoms with Crippen LogP contribution in [0.15, 0.2) is 84.8 Å². The van der Waals surface area contributed by atoms with Crippen molar-refractivity contribution in [2.24, 2.45) is 5.41 Å². The molecule has 2 heterocycles. The van der Waals surface area contributed by atoms with E-state index >= 15 is 0 Å². The number of nitrogens with zero attached hydrogens (tertiary/aromatic N) is 3. The van der Waals surface area contributed by atoms with Gasteiger partial charge in [0.2, 0.25) is 17.7 Å². The zero-order chi connectivity index (χ0) is 36.5. The second-order valence-corrected chi connectivity index (χ2v) is 12.9. The number of nitrogens with one attached hydrogen (secondary N) is 2. The van der Waals surface area contributed by atoms with Crippen molar-refractivity contribution in [2.75, 3.05) is 11.4 Å². The monoisotopic (exact) mass is 695 g/mol. The van der Waals surface area contributed by atoms with Gasteiger partial charge in [0.1, 0.15) is 17.9 Å². The smallest absolute Gasteiger partial charge is 0.352 e. The van der Waals surface area contributed by atoms with Gasteiger partial charge in [0.15, 0.2) is 0 Å². The van der Waals surface area contributed by atoms with E-state index in [1.807, 2.05) is 6.07 Å². The summed E-state index contributed by atoms with van der Waals surface area (Å²) in [5.41, 5.74) is 1.13. The molecule has 5 rings (SSSR count). The lowest BCUT2D eigenvalue weighted by atomic mass is 9.81. The highest BCUT2D eigenvalue weighted by atomic mass is 16.4. The molecule has 2 unspecified atom stereocenters. The van der Waals surface area contributed by atoms with Gasteiger partial charge >= 0.3 is 11.9 Å². The number of pyridine rings is 1. The minimum Gasteiger partial charge on any atom is -0.481 e. The third kappa shape index (κ3) is 8.66. The van der Waals surface area contributed by atoms with Gasteiger partial charge < -0.3 is 25.7 Å². The molecule has 2 aliphatic rings. The summed E-state index contributed by atoms with van der Waals surface area (Å²) in [6.45, 7) is 1.71. The molecule has 1 aromatic heterocycles. The van der Waals surface area contributed by atoms with E-state index in [9.17, 15) is 39.0 Å². The van der Waals surface area contributed by atoms with Gasteiger partial charge in [-0.2, -0.15) is 0 Å². The lowest BCUT2D eigenvalue weighted by Gasteiger charge is -2.32. The van der Waals surface area contributed by atoms with Gasteiger partial charge in [-0.25, -0.2) is 4.79 Å². The minimum atomic E-state index is -1.32. The van der Waals surface area contributed by atoms with Crippen LogP contribution in [0.4, 0.5) is 5.69 Å². The largest absolute Gasteiger partial charge is 0.481 e. The van der Waals surface area contributed by atoms with Crippen LogP contribution in [0.5, 0.6) is 0 Å². The second-order valence-electron chi connectivity index (χ2n) is 12.9. The summed E-state index contributed by atoms with van der Waals surface area (Å²) in [5, 5.41) is 24.7. The van der Waals surface area contributed by atoms with Gasteiger partial charge in [0, 0.05) is 44.4 Å². The average Bonchev–Trinajstić information content (AvgIpc) is 3.71. The fourth-order valence-electron chi connectivity index (χ4n) is 6.90. The van der Waals surface area contributed by atoms with Crippen molar-refractivity contribution >= 4 is 47.3 Å². The van der Waals surface area contributed by atoms with Crippen molar-refractivity contribution in [1.82, 2.24) is 20.5 Å². The lowest BCUT2D eigenvalue weighted by molar-refractivity contribution is -0.142. The van der Waals surface area contributed by atoms with E-state index in [1.165, 1.54) is 22.8 Å². The number of carbonyl (C=O) groups excluding carboxylic acids is 4. The maximum atomic E-state index is 14.3. The van der Waals surface area contributed by atoms with E-state index in [4.69, 9.17) is 0 Å². The highest BCUT2D eigenvalue weighted by Crippen LogP contribution is 2.42. The molecule has 1 aliphatic carbocycles. The van der Waals surface area contributed by atoms with Crippen LogP contribution in [0, 0.1) is 5.41 Å². The predicted molar refractivity (Wildman–Crippen MR) is 187 cm³/mol. The molecule has 266 valence electrons. The van der Waals surface area contributed by atoms with Crippen LogP contribution in [0.1, 0.15) is 74.7 Å². The Bertz CT molecular complexity index is 1790. The van der Waals surface area contributed by atoms with E-state index in [-0.39, 0.29) is 30.4 Å². The number of carbonyl (C=O) groups is 6. The molecule has 1 saturated heterocycles. The van der Waals surface area contributed by atoms with Crippen LogP contribution in [-0.2, 0) is 35.2 Å². The lowest BCUT2D eigenvalue weighted by Crippen LogP contribution is -2.42. The van der Waals surface area contributed by atoms with E-state index in [0.717, 1.165) is 18.4 Å². The Morgan fingerprint density at radius 2 is 1.65 bits per heavy atom. The number of anilines is 1. The van der Waals surface area contributed by atoms with Gasteiger partial charge in [0.05, 0.1) is 11.8 Å². The standard InChI is InChI=1S/C38H41N5O8/c1-25(44)40-21-19-38(17-5-6-18-38)37(51)41-30(36(49)50)22-26-11-13-29(14-12-26)42-34(28-9-3-2-4-10-28)43(32(45)15-16-33(46)47)31(35(42)48)23-27-8-7-20-39-24-27/h2-4,7-14,20,22,24,31,34H,5-6,15-19,21,23H2,1H3,(H,40,44)(H,41,51)(H,46,47)(H,49,50). The van der Waals surface area contributed by atoms with Gasteiger partial charge in [-0.15, -0.1) is 0 Å². The first kappa shape index (κ1) is 36.4. The fourth-order valence-corrected chi connectivity index (χ4v) is 6.90. The zero-order valence-corrected chi connectivity index (χ0v) is 28.3. The molecule has 0 spiro atoms. The van der Waals surface area contributed by atoms with Gasteiger partial charge in [0.25, 0.3) is 5.91 Å². The fraction of sp³-hybridized carbons (Fsp3) is 0.342. The van der Waals surface area contributed by atoms with E-state index < -0.39 is 47.8 Å². The Morgan fingerprint density at radius 1 is 0.941 bits per heavy atom. The first-order valence-corrected chi connectivity index (χ1v) is 16.9. The maximum absolute atomic E-state index is 14.3. The molecule has 4 N–H and O–H groups in total. The van der Waals surface area contributed by atoms with E-state index in [2.05, 4.69) is 15.6 Å². The number of benzene rings is 2. The molecule has 0 bridgehead atoms. The molecule has 1 aliphatic heterocycles. The van der Waals surface area contributed by atoms with E-state index in [0.29, 0.717) is 42.6 Å². The minimum absolute atomic E-state index is 0.153. The summed E-state index contributed by atoms with van der Waals surface area (Å²) in [6, 6.07) is 18.1. The quantitative estimate of drug-likeness (QED) is 0.181. The van der Waals surface area contributed by atoms with Crippen molar-refractivity contribution < 1.29 is 39.0 Å². The Labute approximate surface area is 295 Å². The Kier molecular flexibility index (Phi) is 11.6. The first-order valence-electron chi connectivity index (χ1n) is 16.9. The van der Waals surface area contributed by atoms with E-state index in [1.54, 1.807) is 73.1 Å². The molecule has 3 aromatic rings. The number of amides is 4. The van der Waals surface area contributed by atoms with Crippen molar-refractivity contribution in [3.05, 3.63) is 102 Å². The number of hydrogen-bond donors (Lipinski definition) is 4. The van der Waals surface area contributed by atoms with Gasteiger partial charge in [-0.1, -0.05) is 61.4 Å². The topological polar surface area (TPSA) is 186 Å². The van der Waals surface area contributed by atoms with Gasteiger partial charge in [-0.05, 0) is 60.2 Å². The summed E-state index contributed by atoms with van der Waals surface area (Å²) >= 11 is 0. The molecular weight excluding hydrogens is 654 g/mol. The molecule has 2 fully saturated rings. The third-order valence-electron chi connectivity index (χ3n) is 9.44. The van der Waals surface area contributed by atoms with Crippen molar-refractivity contribution in [1.29, 1.82) is 0 Å². The Morgan fingerprint density at radius 3 is 2.25 bits per heavy atom. The van der Waals surface area contributed by atoms with Crippen molar-refractivity contribution in [3.63, 3.8) is 0 Å². The molecule has 0 radical (unpaired) electrons. The molecule has 13 heteroatoms. The van der Waals surface area contributed by atoms with Crippen LogP contribution in [-0.4, -0.2) is 68.3 Å². The third-order valence-corrected chi connectivity index (χ3v) is 9.44. The number of rotatable bonds is 14. The molecule has 51 heavy (non-hydrogen) atoms. The van der Waals surface area contributed by atoms with Crippen LogP contribution < -0.4 is 15.5 Å². The number of carboxylic acids is 2. The second kappa shape index (κ2) is 16.2. The summed E-state index contributed by atoms with van der Waals surface area (Å²) < 4.78 is 0. The Balaban J connectivity index is 1.46. The number of aromatic nitrogens is 1. The summed E-state index contributed by atoms with van der Waals surface area (Å²) in [7, 11) is 0. The Hall–Kier alpha value is -5.85. The predicted octanol–water partition coefficient (Wildman–Crippen LogP) is 4.06. The highest BCUT2D eigenvalue weighted by Gasteiger charge is 2.49. The molecule has 2 atom stereocenters. The van der Waals surface area contributed by atoms with Crippen LogP contribution in [0.25, 0.3) is 6.08 Å². The van der Waals surface area contributed by atoms with Crippen molar-refractivity contribution in [2.45, 2.75) is 70.5 Å². The molecule has 13 nitrogen and oxygen atoms in total. The number of aliphatic carboxylic acids is 2. The summed E-state index contributed by atoms with van der Waals surface area (Å²) in [5.74, 6) is -3.93. The molecule has 1 saturated carbocycles. The van der Waals surface area contributed by atoms with Crippen LogP contribution >= 0.6 is 0 Å². The average molecular weight is 696 g/mol. The molecular formula is C38H41N5O8. The highest BCUT2D eigenvalue weighted by molar-refractivity contribution is 6.04. The van der Waals surface area contributed by atoms with Crippen LogP contribution in [0.2, 0.25) is 0 Å². The van der Waals surface area contributed by atoms with Crippen LogP contribution in [0.3, 0.4) is 0 Å². The summed E-state index contributed by atoms with van der Waals surface area (Å²) in [4.78, 5) is 83.7. The van der Waals surface area contributed by atoms with Gasteiger partial charge in [-0.3, -0.25) is 33.9 Å². The molecule has 4 amide bonds. The zero-order valence-electron chi connectivity index (χ0n) is 28.3. The number of carboxylic acid groups (broad SMARTS) is 2. The van der Waals surface area contributed by atoms with Crippen molar-refractivity contribution in [3.8, 4) is 0 Å². The maximum Gasteiger partial charge on any atom is 0.352 e. The normalized spacial score (nSPS) is 18.4. The number of hydrogen-bond acceptors (Lipinski definition) is 7. The first-order chi connectivity index (χ1) is 24.5.